The van der Waals surface area contributed by atoms with Crippen LogP contribution in [0.25, 0.3) is 0 Å². The maximum absolute atomic E-state index is 13.6. The van der Waals surface area contributed by atoms with E-state index in [9.17, 15) is 14.7 Å². The predicted molar refractivity (Wildman–Crippen MR) is 123 cm³/mol. The number of piperidine rings is 1. The summed E-state index contributed by atoms with van der Waals surface area (Å²) in [4.78, 5) is 29.4. The van der Waals surface area contributed by atoms with E-state index in [4.69, 9.17) is 0 Å². The van der Waals surface area contributed by atoms with Gasteiger partial charge in [-0.15, -0.1) is 0 Å². The number of phenols is 1. The molecular formula is C27H32N2O3. The fourth-order valence-electron chi connectivity index (χ4n) is 6.18. The molecule has 2 aliphatic heterocycles. The van der Waals surface area contributed by atoms with Crippen molar-refractivity contribution in [3.8, 4) is 5.75 Å². The van der Waals surface area contributed by atoms with Crippen molar-refractivity contribution in [2.45, 2.75) is 64.5 Å². The lowest BCUT2D eigenvalue weighted by Gasteiger charge is -2.60. The van der Waals surface area contributed by atoms with E-state index in [0.717, 1.165) is 30.5 Å². The third-order valence-electron chi connectivity index (χ3n) is 8.63. The van der Waals surface area contributed by atoms with Gasteiger partial charge in [-0.2, -0.15) is 0 Å². The summed E-state index contributed by atoms with van der Waals surface area (Å²) in [6.45, 7) is 8.95. The van der Waals surface area contributed by atoms with Crippen LogP contribution in [0.3, 0.4) is 0 Å². The first-order valence-electron chi connectivity index (χ1n) is 11.7. The zero-order valence-corrected chi connectivity index (χ0v) is 19.2. The van der Waals surface area contributed by atoms with Gasteiger partial charge in [-0.3, -0.25) is 9.59 Å². The molecule has 2 bridgehead atoms. The molecule has 2 atom stereocenters. The molecule has 2 unspecified atom stereocenters. The van der Waals surface area contributed by atoms with Gasteiger partial charge in [0.05, 0.1) is 0 Å². The van der Waals surface area contributed by atoms with Crippen LogP contribution in [0.1, 0.15) is 67.1 Å². The second-order valence-electron chi connectivity index (χ2n) is 10.4. The number of likely N-dealkylation sites (tertiary alicyclic amines) is 2. The van der Waals surface area contributed by atoms with Crippen LogP contribution in [0, 0.1) is 5.41 Å². The highest BCUT2D eigenvalue weighted by atomic mass is 16.3. The van der Waals surface area contributed by atoms with E-state index in [-0.39, 0.29) is 28.7 Å². The molecule has 5 nitrogen and oxygen atoms in total. The zero-order valence-electron chi connectivity index (χ0n) is 19.2. The number of amides is 2. The van der Waals surface area contributed by atoms with Gasteiger partial charge in [-0.1, -0.05) is 45.0 Å². The number of carbonyl (C=O) groups is 2. The molecule has 1 N–H and O–H groups in total. The minimum atomic E-state index is -0.113. The first-order valence-corrected chi connectivity index (χ1v) is 11.7. The SMILES string of the molecule is CC12CCN(C(=O)c3ccc(CN4CCCC4=O)cc3)C(Cc3c(O)cccc31)C2(C)C. The highest BCUT2D eigenvalue weighted by Gasteiger charge is 2.57. The first kappa shape index (κ1) is 21.0. The van der Waals surface area contributed by atoms with Crippen molar-refractivity contribution in [2.75, 3.05) is 13.1 Å². The molecule has 168 valence electrons. The van der Waals surface area contributed by atoms with Crippen LogP contribution in [-0.2, 0) is 23.2 Å². The molecular weight excluding hydrogens is 400 g/mol. The largest absolute Gasteiger partial charge is 0.508 e. The summed E-state index contributed by atoms with van der Waals surface area (Å²) in [5, 5.41) is 10.6. The van der Waals surface area contributed by atoms with Gasteiger partial charge in [0, 0.05) is 43.1 Å². The third-order valence-corrected chi connectivity index (χ3v) is 8.63. The molecule has 5 heteroatoms. The molecule has 5 rings (SSSR count). The minimum Gasteiger partial charge on any atom is -0.508 e. The Morgan fingerprint density at radius 3 is 2.53 bits per heavy atom. The van der Waals surface area contributed by atoms with Crippen molar-refractivity contribution in [2.24, 2.45) is 5.41 Å². The summed E-state index contributed by atoms with van der Waals surface area (Å²) in [7, 11) is 0. The predicted octanol–water partition coefficient (Wildman–Crippen LogP) is 4.27. The molecule has 1 aliphatic carbocycles. The van der Waals surface area contributed by atoms with Gasteiger partial charge in [0.15, 0.2) is 0 Å². The second-order valence-corrected chi connectivity index (χ2v) is 10.4. The maximum Gasteiger partial charge on any atom is 0.254 e. The molecule has 2 saturated heterocycles. The number of benzene rings is 2. The summed E-state index contributed by atoms with van der Waals surface area (Å²) < 4.78 is 0. The van der Waals surface area contributed by atoms with Gasteiger partial charge in [-0.25, -0.2) is 0 Å². The van der Waals surface area contributed by atoms with E-state index in [1.54, 1.807) is 6.07 Å². The van der Waals surface area contributed by atoms with E-state index >= 15 is 0 Å². The van der Waals surface area contributed by atoms with Crippen LogP contribution in [0.15, 0.2) is 42.5 Å². The van der Waals surface area contributed by atoms with E-state index in [0.29, 0.717) is 37.2 Å². The standard InChI is InChI=1S/C27H32N2O3/c1-26(2)23-16-20-21(6-4-7-22(20)30)27(26,3)13-15-29(23)25(32)19-11-9-18(10-12-19)17-28-14-5-8-24(28)31/h4,6-7,9-12,23,30H,5,8,13-17H2,1-3H3. The Morgan fingerprint density at radius 2 is 1.84 bits per heavy atom. The lowest BCUT2D eigenvalue weighted by Crippen LogP contribution is -2.64. The smallest absolute Gasteiger partial charge is 0.254 e. The van der Waals surface area contributed by atoms with Crippen LogP contribution in [0.2, 0.25) is 0 Å². The third kappa shape index (κ3) is 3.05. The Hall–Kier alpha value is -2.82. The summed E-state index contributed by atoms with van der Waals surface area (Å²) in [6, 6.07) is 13.6. The van der Waals surface area contributed by atoms with Crippen molar-refractivity contribution in [1.82, 2.24) is 9.80 Å². The number of nitrogens with zero attached hydrogens (tertiary/aromatic N) is 2. The van der Waals surface area contributed by atoms with Crippen LogP contribution < -0.4 is 0 Å². The van der Waals surface area contributed by atoms with Crippen molar-refractivity contribution in [1.29, 1.82) is 0 Å². The van der Waals surface area contributed by atoms with E-state index in [2.05, 4.69) is 26.8 Å². The fraction of sp³-hybridized carbons (Fsp3) is 0.481. The Bertz CT molecular complexity index is 1070. The van der Waals surface area contributed by atoms with Crippen molar-refractivity contribution in [3.05, 3.63) is 64.7 Å². The molecule has 3 aliphatic rings. The topological polar surface area (TPSA) is 60.9 Å². The molecule has 0 saturated carbocycles. The lowest BCUT2D eigenvalue weighted by molar-refractivity contribution is -0.128. The first-order chi connectivity index (χ1) is 15.2. The number of hydrogen-bond acceptors (Lipinski definition) is 3. The second kappa shape index (κ2) is 7.36. The van der Waals surface area contributed by atoms with Gasteiger partial charge in [0.2, 0.25) is 5.91 Å². The zero-order chi connectivity index (χ0) is 22.7. The fourth-order valence-corrected chi connectivity index (χ4v) is 6.18. The molecule has 2 heterocycles. The van der Waals surface area contributed by atoms with Gasteiger partial charge in [0.25, 0.3) is 5.91 Å². The molecule has 0 aromatic heterocycles. The highest BCUT2D eigenvalue weighted by Crippen LogP contribution is 2.57. The number of hydrogen-bond donors (Lipinski definition) is 1. The van der Waals surface area contributed by atoms with Crippen molar-refractivity contribution in [3.63, 3.8) is 0 Å². The Morgan fingerprint density at radius 1 is 1.09 bits per heavy atom. The van der Waals surface area contributed by atoms with Crippen LogP contribution in [0.4, 0.5) is 0 Å². The normalized spacial score (nSPS) is 26.2. The van der Waals surface area contributed by atoms with E-state index in [1.165, 1.54) is 5.56 Å². The number of phenolic OH excluding ortho intramolecular Hbond substituents is 1. The Balaban J connectivity index is 1.41. The molecule has 2 amide bonds. The Kier molecular flexibility index (Phi) is 4.84. The van der Waals surface area contributed by atoms with Crippen LogP contribution >= 0.6 is 0 Å². The maximum atomic E-state index is 13.6. The molecule has 0 radical (unpaired) electrons. The number of carbonyl (C=O) groups excluding carboxylic acids is 2. The molecule has 0 spiro atoms. The molecule has 2 aromatic rings. The summed E-state index contributed by atoms with van der Waals surface area (Å²) >= 11 is 0. The lowest BCUT2D eigenvalue weighted by atomic mass is 9.51. The van der Waals surface area contributed by atoms with E-state index < -0.39 is 0 Å². The quantitative estimate of drug-likeness (QED) is 0.788. The van der Waals surface area contributed by atoms with Crippen molar-refractivity contribution < 1.29 is 14.7 Å². The Labute approximate surface area is 190 Å². The summed E-state index contributed by atoms with van der Waals surface area (Å²) in [5.74, 6) is 0.599. The van der Waals surface area contributed by atoms with Gasteiger partial charge in [-0.05, 0) is 59.6 Å². The van der Waals surface area contributed by atoms with Gasteiger partial charge >= 0.3 is 0 Å². The van der Waals surface area contributed by atoms with Crippen molar-refractivity contribution >= 4 is 11.8 Å². The molecule has 32 heavy (non-hydrogen) atoms. The number of aromatic hydroxyl groups is 1. The minimum absolute atomic E-state index is 0.0245. The average molecular weight is 433 g/mol. The summed E-state index contributed by atoms with van der Waals surface area (Å²) in [6.07, 6.45) is 3.11. The van der Waals surface area contributed by atoms with Crippen LogP contribution in [-0.4, -0.2) is 45.9 Å². The van der Waals surface area contributed by atoms with Gasteiger partial charge in [0.1, 0.15) is 5.75 Å². The molecule has 2 aromatic carbocycles. The van der Waals surface area contributed by atoms with Gasteiger partial charge < -0.3 is 14.9 Å². The van der Waals surface area contributed by atoms with E-state index in [1.807, 2.05) is 40.1 Å². The monoisotopic (exact) mass is 432 g/mol. The number of fused-ring (bicyclic) bond motifs is 4. The number of rotatable bonds is 3. The van der Waals surface area contributed by atoms with Crippen LogP contribution in [0.5, 0.6) is 5.75 Å². The molecule has 2 fully saturated rings. The highest BCUT2D eigenvalue weighted by molar-refractivity contribution is 5.94. The average Bonchev–Trinajstić information content (AvgIpc) is 3.16. The summed E-state index contributed by atoms with van der Waals surface area (Å²) in [5.41, 5.74) is 3.75.